The van der Waals surface area contributed by atoms with Crippen molar-refractivity contribution >= 4 is 16.7 Å². The number of methoxy groups -OCH3 is 1. The highest BCUT2D eigenvalue weighted by atomic mass is 16.5. The third-order valence-corrected chi connectivity index (χ3v) is 7.86. The van der Waals surface area contributed by atoms with Crippen LogP contribution in [-0.2, 0) is 16.1 Å². The SMILES string of the molecule is COC(=O)C1CCCN(Cc2ccc3c(O[C@H]4CC[C@H](C(C)(C)C)CC4)cccc3c2)CC1. The van der Waals surface area contributed by atoms with Gasteiger partial charge >= 0.3 is 5.97 Å². The summed E-state index contributed by atoms with van der Waals surface area (Å²) in [6, 6.07) is 13.2. The lowest BCUT2D eigenvalue weighted by atomic mass is 9.72. The Bertz CT molecular complexity index is 940. The first-order valence-electron chi connectivity index (χ1n) is 12.8. The van der Waals surface area contributed by atoms with Gasteiger partial charge < -0.3 is 9.47 Å². The van der Waals surface area contributed by atoms with Crippen LogP contribution < -0.4 is 4.74 Å². The number of hydrogen-bond acceptors (Lipinski definition) is 4. The number of carbonyl (C=O) groups is 1. The van der Waals surface area contributed by atoms with Crippen LogP contribution >= 0.6 is 0 Å². The molecule has 1 saturated heterocycles. The largest absolute Gasteiger partial charge is 0.490 e. The summed E-state index contributed by atoms with van der Waals surface area (Å²) in [5.74, 6) is 1.82. The highest BCUT2D eigenvalue weighted by Gasteiger charge is 2.30. The Labute approximate surface area is 199 Å². The second-order valence-corrected chi connectivity index (χ2v) is 11.2. The van der Waals surface area contributed by atoms with E-state index in [1.165, 1.54) is 36.3 Å². The zero-order valence-corrected chi connectivity index (χ0v) is 20.9. The van der Waals surface area contributed by atoms with E-state index in [0.717, 1.165) is 63.4 Å². The first-order valence-corrected chi connectivity index (χ1v) is 12.8. The molecule has 1 atom stereocenters. The van der Waals surface area contributed by atoms with Gasteiger partial charge in [0.25, 0.3) is 0 Å². The van der Waals surface area contributed by atoms with E-state index >= 15 is 0 Å². The van der Waals surface area contributed by atoms with Gasteiger partial charge in [0.2, 0.25) is 0 Å². The molecule has 180 valence electrons. The molecule has 0 bridgehead atoms. The fourth-order valence-corrected chi connectivity index (χ4v) is 5.71. The number of fused-ring (bicyclic) bond motifs is 1. The van der Waals surface area contributed by atoms with Gasteiger partial charge in [-0.3, -0.25) is 9.69 Å². The zero-order valence-electron chi connectivity index (χ0n) is 20.9. The summed E-state index contributed by atoms with van der Waals surface area (Å²) in [7, 11) is 1.49. The number of hydrogen-bond donors (Lipinski definition) is 0. The van der Waals surface area contributed by atoms with Crippen LogP contribution in [0.4, 0.5) is 0 Å². The van der Waals surface area contributed by atoms with Crippen LogP contribution in [0.3, 0.4) is 0 Å². The summed E-state index contributed by atoms with van der Waals surface area (Å²) < 4.78 is 11.5. The number of nitrogens with zero attached hydrogens (tertiary/aromatic N) is 1. The van der Waals surface area contributed by atoms with E-state index in [0.29, 0.717) is 11.5 Å². The predicted molar refractivity (Wildman–Crippen MR) is 134 cm³/mol. The van der Waals surface area contributed by atoms with Crippen LogP contribution in [0.15, 0.2) is 36.4 Å². The summed E-state index contributed by atoms with van der Waals surface area (Å²) in [5.41, 5.74) is 1.72. The third kappa shape index (κ3) is 6.09. The molecular weight excluding hydrogens is 410 g/mol. The minimum Gasteiger partial charge on any atom is -0.490 e. The van der Waals surface area contributed by atoms with Gasteiger partial charge in [0.05, 0.1) is 19.1 Å². The van der Waals surface area contributed by atoms with Gasteiger partial charge in [-0.1, -0.05) is 45.0 Å². The molecular formula is C29H41NO3. The molecule has 2 fully saturated rings. The monoisotopic (exact) mass is 451 g/mol. The number of likely N-dealkylation sites (tertiary alicyclic amines) is 1. The smallest absolute Gasteiger partial charge is 0.308 e. The molecule has 1 unspecified atom stereocenters. The lowest BCUT2D eigenvalue weighted by molar-refractivity contribution is -0.145. The molecule has 1 aliphatic heterocycles. The number of rotatable bonds is 5. The molecule has 2 aromatic rings. The van der Waals surface area contributed by atoms with E-state index in [4.69, 9.17) is 9.47 Å². The van der Waals surface area contributed by atoms with Crippen molar-refractivity contribution in [3.05, 3.63) is 42.0 Å². The van der Waals surface area contributed by atoms with E-state index < -0.39 is 0 Å². The average Bonchev–Trinajstić information content (AvgIpc) is 3.04. The van der Waals surface area contributed by atoms with Crippen LogP contribution in [-0.4, -0.2) is 37.2 Å². The molecule has 2 aromatic carbocycles. The minimum absolute atomic E-state index is 0.0507. The Morgan fingerprint density at radius 2 is 1.79 bits per heavy atom. The fraction of sp³-hybridized carbons (Fsp3) is 0.621. The molecule has 4 heteroatoms. The van der Waals surface area contributed by atoms with Crippen LogP contribution in [0, 0.1) is 17.3 Å². The Balaban J connectivity index is 1.39. The standard InChI is InChI=1S/C29H41NO3/c1-29(2,3)24-11-13-25(14-12-24)33-27-9-5-7-23-19-21(10-15-26(23)27)20-30-17-6-8-22(16-18-30)28(31)32-4/h5,7,9-10,15,19,22,24-25H,6,8,11-14,16-18,20H2,1-4H3/t22?,24-,25-. The van der Waals surface area contributed by atoms with E-state index in [1.807, 2.05) is 0 Å². The molecule has 0 spiro atoms. The van der Waals surface area contributed by atoms with E-state index in [2.05, 4.69) is 62.1 Å². The van der Waals surface area contributed by atoms with Gasteiger partial charge in [-0.2, -0.15) is 0 Å². The number of carbonyl (C=O) groups excluding carboxylic acids is 1. The van der Waals surface area contributed by atoms with Crippen LogP contribution in [0.1, 0.15) is 71.3 Å². The first-order chi connectivity index (χ1) is 15.8. The molecule has 0 aromatic heterocycles. The maximum absolute atomic E-state index is 11.9. The zero-order chi connectivity index (χ0) is 23.4. The van der Waals surface area contributed by atoms with Crippen LogP contribution in [0.5, 0.6) is 5.75 Å². The first kappa shape index (κ1) is 24.1. The Morgan fingerprint density at radius 1 is 1.00 bits per heavy atom. The molecule has 0 N–H and O–H groups in total. The van der Waals surface area contributed by atoms with Crippen molar-refractivity contribution in [1.29, 1.82) is 0 Å². The molecule has 1 saturated carbocycles. The maximum atomic E-state index is 11.9. The Kier molecular flexibility index (Phi) is 7.63. The molecule has 2 aliphatic rings. The molecule has 1 aliphatic carbocycles. The summed E-state index contributed by atoms with van der Waals surface area (Å²) >= 11 is 0. The van der Waals surface area contributed by atoms with Gasteiger partial charge in [0.15, 0.2) is 0 Å². The van der Waals surface area contributed by atoms with Gasteiger partial charge in [0, 0.05) is 11.9 Å². The summed E-state index contributed by atoms with van der Waals surface area (Å²) in [5, 5.41) is 2.46. The number of ether oxygens (including phenoxy) is 2. The van der Waals surface area contributed by atoms with E-state index in [1.54, 1.807) is 0 Å². The van der Waals surface area contributed by atoms with Gasteiger partial charge in [0.1, 0.15) is 5.75 Å². The van der Waals surface area contributed by atoms with Crippen molar-refractivity contribution in [3.8, 4) is 5.75 Å². The fourth-order valence-electron chi connectivity index (χ4n) is 5.71. The second kappa shape index (κ2) is 10.5. The second-order valence-electron chi connectivity index (χ2n) is 11.2. The number of esters is 1. The van der Waals surface area contributed by atoms with Crippen molar-refractivity contribution in [3.63, 3.8) is 0 Å². The Hall–Kier alpha value is -2.07. The van der Waals surface area contributed by atoms with Crippen molar-refractivity contribution in [2.24, 2.45) is 17.3 Å². The van der Waals surface area contributed by atoms with E-state index in [-0.39, 0.29) is 11.9 Å². The lowest BCUT2D eigenvalue weighted by Gasteiger charge is -2.37. The summed E-state index contributed by atoms with van der Waals surface area (Å²) in [4.78, 5) is 14.4. The van der Waals surface area contributed by atoms with Crippen LogP contribution in [0.25, 0.3) is 10.8 Å². The minimum atomic E-state index is -0.0537. The van der Waals surface area contributed by atoms with Crippen molar-refractivity contribution in [1.82, 2.24) is 4.90 Å². The van der Waals surface area contributed by atoms with Crippen LogP contribution in [0.2, 0.25) is 0 Å². The maximum Gasteiger partial charge on any atom is 0.308 e. The normalized spacial score (nSPS) is 24.9. The quantitative estimate of drug-likeness (QED) is 0.480. The molecule has 33 heavy (non-hydrogen) atoms. The van der Waals surface area contributed by atoms with Crippen molar-refractivity contribution in [2.45, 2.75) is 78.4 Å². The molecule has 0 amide bonds. The molecule has 1 heterocycles. The summed E-state index contributed by atoms with van der Waals surface area (Å²) in [6.07, 6.45) is 8.01. The third-order valence-electron chi connectivity index (χ3n) is 7.86. The van der Waals surface area contributed by atoms with Gasteiger partial charge in [-0.15, -0.1) is 0 Å². The van der Waals surface area contributed by atoms with Gasteiger partial charge in [-0.25, -0.2) is 0 Å². The van der Waals surface area contributed by atoms with Gasteiger partial charge in [-0.05, 0) is 92.5 Å². The average molecular weight is 452 g/mol. The predicted octanol–water partition coefficient (Wildman–Crippen LogP) is 6.60. The highest BCUT2D eigenvalue weighted by molar-refractivity contribution is 5.88. The topological polar surface area (TPSA) is 38.8 Å². The lowest BCUT2D eigenvalue weighted by Crippen LogP contribution is -2.30. The summed E-state index contributed by atoms with van der Waals surface area (Å²) in [6.45, 7) is 9.99. The Morgan fingerprint density at radius 3 is 2.52 bits per heavy atom. The molecule has 4 nitrogen and oxygen atoms in total. The number of benzene rings is 2. The highest BCUT2D eigenvalue weighted by Crippen LogP contribution is 2.39. The molecule has 0 radical (unpaired) electrons. The van der Waals surface area contributed by atoms with E-state index in [9.17, 15) is 4.79 Å². The van der Waals surface area contributed by atoms with Crippen molar-refractivity contribution < 1.29 is 14.3 Å². The molecule has 4 rings (SSSR count). The van der Waals surface area contributed by atoms with Crippen molar-refractivity contribution in [2.75, 3.05) is 20.2 Å².